The molecule has 0 saturated carbocycles. The van der Waals surface area contributed by atoms with Crippen LogP contribution in [0.3, 0.4) is 0 Å². The van der Waals surface area contributed by atoms with Crippen molar-refractivity contribution in [2.45, 2.75) is 53.5 Å². The zero-order valence-corrected chi connectivity index (χ0v) is 19.6. The highest BCUT2D eigenvalue weighted by Gasteiger charge is 2.18. The summed E-state index contributed by atoms with van der Waals surface area (Å²) >= 11 is 5.94. The fourth-order valence-electron chi connectivity index (χ4n) is 1.52. The first kappa shape index (κ1) is 30.8. The van der Waals surface area contributed by atoms with Crippen molar-refractivity contribution in [1.29, 1.82) is 0 Å². The molecule has 0 fully saturated rings. The fourth-order valence-corrected chi connectivity index (χ4v) is 1.64. The smallest absolute Gasteiger partial charge is 0.236 e. The van der Waals surface area contributed by atoms with E-state index in [1.807, 2.05) is 49.9 Å². The van der Waals surface area contributed by atoms with Crippen LogP contribution in [0.4, 0.5) is 0 Å². The van der Waals surface area contributed by atoms with E-state index in [-0.39, 0.29) is 30.3 Å². The Bertz CT molecular complexity index is 412. The Balaban J connectivity index is -0.000000703. The highest BCUT2D eigenvalue weighted by Crippen LogP contribution is 2.13. The van der Waals surface area contributed by atoms with Crippen molar-refractivity contribution in [3.05, 3.63) is 24.3 Å². The Labute approximate surface area is 176 Å². The minimum absolute atomic E-state index is 0.0495. The maximum atomic E-state index is 11.9. The van der Waals surface area contributed by atoms with Crippen molar-refractivity contribution in [3.63, 3.8) is 0 Å². The van der Waals surface area contributed by atoms with Crippen LogP contribution in [-0.2, 0) is 9.59 Å². The number of allylic oxidation sites excluding steroid dienone is 2. The maximum absolute atomic E-state index is 11.9. The minimum Gasteiger partial charge on any atom is -0.368 e. The summed E-state index contributed by atoms with van der Waals surface area (Å²) in [5.74, 6) is 0.966. The van der Waals surface area contributed by atoms with Crippen LogP contribution in [0.2, 0.25) is 0 Å². The van der Waals surface area contributed by atoms with Crippen molar-refractivity contribution >= 4 is 36.2 Å². The van der Waals surface area contributed by atoms with Gasteiger partial charge in [-0.2, -0.15) is 24.4 Å². The molecule has 7 heteroatoms. The lowest BCUT2D eigenvalue weighted by atomic mass is 9.94. The third-order valence-corrected chi connectivity index (χ3v) is 3.96. The predicted octanol–water partition coefficient (Wildman–Crippen LogP) is 3.41. The van der Waals surface area contributed by atoms with Crippen LogP contribution in [0.25, 0.3) is 0 Å². The van der Waals surface area contributed by atoms with Gasteiger partial charge in [-0.15, -0.1) is 0 Å². The summed E-state index contributed by atoms with van der Waals surface area (Å²) in [4.78, 5) is 22.5. The predicted molar refractivity (Wildman–Crippen MR) is 125 cm³/mol. The number of carbonyl (C=O) groups excluding carboxylic acids is 2. The van der Waals surface area contributed by atoms with Gasteiger partial charge in [0.2, 0.25) is 11.8 Å². The monoisotopic (exact) mass is 419 g/mol. The first-order chi connectivity index (χ1) is 12.7. The second-order valence-electron chi connectivity index (χ2n) is 6.18. The lowest BCUT2D eigenvalue weighted by Gasteiger charge is -2.16. The molecule has 2 amide bonds. The highest BCUT2D eigenvalue weighted by atomic mass is 32.2. The number of thiol groups is 1. The lowest BCUT2D eigenvalue weighted by molar-refractivity contribution is -0.127. The van der Waals surface area contributed by atoms with Crippen LogP contribution in [0.1, 0.15) is 47.5 Å². The number of primary amides is 1. The molecule has 0 spiro atoms. The van der Waals surface area contributed by atoms with Crippen LogP contribution in [0, 0.1) is 11.8 Å². The van der Waals surface area contributed by atoms with Gasteiger partial charge >= 0.3 is 0 Å². The Hall–Kier alpha value is -0.920. The average molecular weight is 420 g/mol. The van der Waals surface area contributed by atoms with E-state index in [1.165, 1.54) is 12.2 Å². The number of thioether (sulfide) groups is 1. The van der Waals surface area contributed by atoms with Crippen molar-refractivity contribution < 1.29 is 9.59 Å². The number of carbonyl (C=O) groups is 2. The zero-order chi connectivity index (χ0) is 21.7. The molecule has 2 unspecified atom stereocenters. The van der Waals surface area contributed by atoms with E-state index < -0.39 is 5.91 Å². The van der Waals surface area contributed by atoms with Gasteiger partial charge in [0.15, 0.2) is 0 Å². The van der Waals surface area contributed by atoms with Crippen molar-refractivity contribution in [2.75, 3.05) is 24.3 Å². The second kappa shape index (κ2) is 23.1. The summed E-state index contributed by atoms with van der Waals surface area (Å²) in [6, 6.07) is -0.0495. The third-order valence-electron chi connectivity index (χ3n) is 2.96. The summed E-state index contributed by atoms with van der Waals surface area (Å²) in [6.45, 7) is 10.2. The molecule has 27 heavy (non-hydrogen) atoms. The molecular formula is C20H41N3O2S2. The first-order valence-corrected chi connectivity index (χ1v) is 11.5. The molecule has 2 atom stereocenters. The number of hydrogen-bond acceptors (Lipinski definition) is 5. The molecule has 0 heterocycles. The maximum Gasteiger partial charge on any atom is 0.236 e. The molecular weight excluding hydrogens is 378 g/mol. The van der Waals surface area contributed by atoms with Gasteiger partial charge in [0.1, 0.15) is 0 Å². The standard InChI is InChI=1S/C14H25N3O2S.C3H8S.C3H8/c1-10(2)12(14(19)17-8-13(16)18)7-5-3-4-6-11(15)9-20;1-3-4-2;1-3-2/h4-7,10-12,20H,3,8-9,15H2,1-2H3,(H2,16,18)(H,17,19);3H2,1-2H3;3H2,1-2H3/b6-4+,7-5+;;. The van der Waals surface area contributed by atoms with Gasteiger partial charge in [0, 0.05) is 11.8 Å². The number of hydrogen-bond donors (Lipinski definition) is 4. The van der Waals surface area contributed by atoms with Gasteiger partial charge in [-0.05, 0) is 24.3 Å². The minimum atomic E-state index is -0.548. The Kier molecular flexibility index (Phi) is 26.4. The largest absolute Gasteiger partial charge is 0.368 e. The number of nitrogens with two attached hydrogens (primary N) is 2. The van der Waals surface area contributed by atoms with E-state index in [4.69, 9.17) is 11.5 Å². The molecule has 0 radical (unpaired) electrons. The quantitative estimate of drug-likeness (QED) is 0.322. The molecule has 0 aliphatic rings. The summed E-state index contributed by atoms with van der Waals surface area (Å²) in [6.07, 6.45) is 11.6. The van der Waals surface area contributed by atoms with E-state index in [9.17, 15) is 9.59 Å². The first-order valence-electron chi connectivity index (χ1n) is 9.46. The van der Waals surface area contributed by atoms with Crippen molar-refractivity contribution in [2.24, 2.45) is 23.3 Å². The normalized spacial score (nSPS) is 12.8. The van der Waals surface area contributed by atoms with Crippen LogP contribution in [0.5, 0.6) is 0 Å². The van der Waals surface area contributed by atoms with E-state index in [0.717, 1.165) is 0 Å². The molecule has 5 nitrogen and oxygen atoms in total. The molecule has 0 aromatic rings. The molecule has 0 rings (SSSR count). The summed E-state index contributed by atoms with van der Waals surface area (Å²) < 4.78 is 0. The summed E-state index contributed by atoms with van der Waals surface area (Å²) in [5, 5.41) is 2.52. The molecule has 0 aliphatic carbocycles. The lowest BCUT2D eigenvalue weighted by Crippen LogP contribution is -2.38. The number of rotatable bonds is 10. The topological polar surface area (TPSA) is 98.2 Å². The molecule has 0 aromatic carbocycles. The molecule has 160 valence electrons. The van der Waals surface area contributed by atoms with E-state index in [0.29, 0.717) is 12.2 Å². The number of amides is 2. The second-order valence-corrected chi connectivity index (χ2v) is 7.70. The van der Waals surface area contributed by atoms with Crippen LogP contribution in [0.15, 0.2) is 24.3 Å². The molecule has 0 bridgehead atoms. The number of nitrogens with one attached hydrogen (secondary N) is 1. The van der Waals surface area contributed by atoms with Gasteiger partial charge in [-0.1, -0.05) is 65.3 Å². The molecule has 0 saturated heterocycles. The van der Waals surface area contributed by atoms with E-state index in [1.54, 1.807) is 0 Å². The Morgan fingerprint density at radius 2 is 1.63 bits per heavy atom. The van der Waals surface area contributed by atoms with Crippen LogP contribution < -0.4 is 16.8 Å². The zero-order valence-electron chi connectivity index (χ0n) is 17.9. The van der Waals surface area contributed by atoms with E-state index >= 15 is 0 Å². The molecule has 0 aliphatic heterocycles. The summed E-state index contributed by atoms with van der Waals surface area (Å²) in [5.41, 5.74) is 10.7. The fraction of sp³-hybridized carbons (Fsp3) is 0.700. The molecule has 0 aromatic heterocycles. The summed E-state index contributed by atoms with van der Waals surface area (Å²) in [7, 11) is 0. The van der Waals surface area contributed by atoms with Gasteiger partial charge in [0.25, 0.3) is 0 Å². The molecule has 5 N–H and O–H groups in total. The van der Waals surface area contributed by atoms with Crippen molar-refractivity contribution in [1.82, 2.24) is 5.32 Å². The van der Waals surface area contributed by atoms with Crippen molar-refractivity contribution in [3.8, 4) is 0 Å². The van der Waals surface area contributed by atoms with Gasteiger partial charge in [0.05, 0.1) is 12.5 Å². The third kappa shape index (κ3) is 25.1. The van der Waals surface area contributed by atoms with Crippen LogP contribution in [-0.4, -0.2) is 42.2 Å². The average Bonchev–Trinajstić information content (AvgIpc) is 2.62. The Morgan fingerprint density at radius 3 is 2.00 bits per heavy atom. The highest BCUT2D eigenvalue weighted by molar-refractivity contribution is 7.98. The Morgan fingerprint density at radius 1 is 1.15 bits per heavy atom. The van der Waals surface area contributed by atoms with Gasteiger partial charge in [-0.25, -0.2) is 0 Å². The van der Waals surface area contributed by atoms with Crippen LogP contribution >= 0.6 is 24.4 Å². The SMILES string of the molecule is CC(C)C(/C=C/C/C=C/C(N)CS)C(=O)NCC(N)=O.CCC.CCSC. The van der Waals surface area contributed by atoms with E-state index in [2.05, 4.69) is 45.0 Å². The van der Waals surface area contributed by atoms with Gasteiger partial charge in [-0.3, -0.25) is 9.59 Å². The van der Waals surface area contributed by atoms with Gasteiger partial charge < -0.3 is 16.8 Å².